The average molecular weight is 216 g/mol. The maximum atomic E-state index is 10.9. The number of nitrogens with one attached hydrogen (secondary N) is 1. The Labute approximate surface area is 82.6 Å². The highest BCUT2D eigenvalue weighted by Crippen LogP contribution is 2.24. The summed E-state index contributed by atoms with van der Waals surface area (Å²) in [6.07, 6.45) is 1.02. The number of phenolic OH excluding ortho intramolecular Hbond substituents is 1. The molecular formula is C8H12N2O3S. The van der Waals surface area contributed by atoms with E-state index in [0.717, 1.165) is 11.8 Å². The zero-order chi connectivity index (χ0) is 10.8. The van der Waals surface area contributed by atoms with Crippen molar-refractivity contribution in [1.29, 1.82) is 0 Å². The largest absolute Gasteiger partial charge is 0.506 e. The van der Waals surface area contributed by atoms with Gasteiger partial charge in [-0.2, -0.15) is 0 Å². The van der Waals surface area contributed by atoms with Gasteiger partial charge in [0.1, 0.15) is 5.75 Å². The molecule has 0 aromatic heterocycles. The van der Waals surface area contributed by atoms with Crippen LogP contribution >= 0.6 is 0 Å². The molecule has 0 spiro atoms. The second kappa shape index (κ2) is 3.85. The minimum atomic E-state index is -3.38. The molecule has 6 heteroatoms. The van der Waals surface area contributed by atoms with E-state index in [0.29, 0.717) is 6.54 Å². The summed E-state index contributed by atoms with van der Waals surface area (Å²) in [4.78, 5) is 0. The van der Waals surface area contributed by atoms with Crippen LogP contribution in [0.3, 0.4) is 0 Å². The third-order valence-electron chi connectivity index (χ3n) is 1.59. The predicted octanol–water partition coefficient (Wildman–Crippen LogP) is 0.222. The van der Waals surface area contributed by atoms with Gasteiger partial charge in [0, 0.05) is 6.54 Å². The van der Waals surface area contributed by atoms with Crippen LogP contribution in [0.2, 0.25) is 0 Å². The molecule has 0 aliphatic heterocycles. The number of benzene rings is 1. The SMILES string of the molecule is CS(=O)(=O)Nc1cc(CN)ccc1O. The second-order valence-corrected chi connectivity index (χ2v) is 4.68. The van der Waals surface area contributed by atoms with Gasteiger partial charge < -0.3 is 10.8 Å². The van der Waals surface area contributed by atoms with Gasteiger partial charge in [-0.25, -0.2) is 8.42 Å². The van der Waals surface area contributed by atoms with Gasteiger partial charge in [-0.1, -0.05) is 6.07 Å². The van der Waals surface area contributed by atoms with Crippen molar-refractivity contribution in [1.82, 2.24) is 0 Å². The van der Waals surface area contributed by atoms with Crippen LogP contribution in [0.25, 0.3) is 0 Å². The summed E-state index contributed by atoms with van der Waals surface area (Å²) in [5, 5.41) is 9.33. The first-order valence-corrected chi connectivity index (χ1v) is 5.81. The molecule has 0 atom stereocenters. The van der Waals surface area contributed by atoms with Crippen molar-refractivity contribution < 1.29 is 13.5 Å². The Morgan fingerprint density at radius 2 is 2.14 bits per heavy atom. The summed E-state index contributed by atoms with van der Waals surface area (Å²) in [5.74, 6) is -0.118. The fraction of sp³-hybridized carbons (Fsp3) is 0.250. The molecule has 0 fully saturated rings. The van der Waals surface area contributed by atoms with Gasteiger partial charge in [0.15, 0.2) is 0 Å². The van der Waals surface area contributed by atoms with Gasteiger partial charge in [0.2, 0.25) is 10.0 Å². The van der Waals surface area contributed by atoms with Crippen LogP contribution in [-0.2, 0) is 16.6 Å². The van der Waals surface area contributed by atoms with E-state index in [1.54, 1.807) is 6.07 Å². The molecule has 0 amide bonds. The highest BCUT2D eigenvalue weighted by molar-refractivity contribution is 7.92. The standard InChI is InChI=1S/C8H12N2O3S/c1-14(12,13)10-7-4-6(5-9)2-3-8(7)11/h2-4,10-11H,5,9H2,1H3. The smallest absolute Gasteiger partial charge is 0.229 e. The molecule has 0 aliphatic carbocycles. The van der Waals surface area contributed by atoms with Gasteiger partial charge in [0.25, 0.3) is 0 Å². The molecule has 5 nitrogen and oxygen atoms in total. The molecule has 1 aromatic rings. The monoisotopic (exact) mass is 216 g/mol. The molecule has 14 heavy (non-hydrogen) atoms. The van der Waals surface area contributed by atoms with E-state index in [9.17, 15) is 13.5 Å². The number of anilines is 1. The Bertz CT molecular complexity index is 428. The van der Waals surface area contributed by atoms with Crippen LogP contribution in [0, 0.1) is 0 Å². The maximum absolute atomic E-state index is 10.9. The van der Waals surface area contributed by atoms with E-state index < -0.39 is 10.0 Å². The fourth-order valence-electron chi connectivity index (χ4n) is 0.992. The molecule has 0 saturated carbocycles. The van der Waals surface area contributed by atoms with Gasteiger partial charge in [-0.05, 0) is 17.7 Å². The minimum absolute atomic E-state index is 0.118. The molecule has 4 N–H and O–H groups in total. The first-order chi connectivity index (χ1) is 6.42. The van der Waals surface area contributed by atoms with E-state index in [-0.39, 0.29) is 11.4 Å². The van der Waals surface area contributed by atoms with Gasteiger partial charge in [-0.3, -0.25) is 4.72 Å². The summed E-state index contributed by atoms with van der Waals surface area (Å²) < 4.78 is 24.0. The molecule has 0 bridgehead atoms. The zero-order valence-electron chi connectivity index (χ0n) is 7.69. The van der Waals surface area contributed by atoms with Crippen LogP contribution < -0.4 is 10.5 Å². The summed E-state index contributed by atoms with van der Waals surface area (Å²) in [7, 11) is -3.38. The topological polar surface area (TPSA) is 92.4 Å². The van der Waals surface area contributed by atoms with E-state index in [1.807, 2.05) is 0 Å². The molecule has 0 unspecified atom stereocenters. The third kappa shape index (κ3) is 2.90. The third-order valence-corrected chi connectivity index (χ3v) is 2.18. The van der Waals surface area contributed by atoms with Crippen molar-refractivity contribution in [3.63, 3.8) is 0 Å². The van der Waals surface area contributed by atoms with Crippen LogP contribution in [0.1, 0.15) is 5.56 Å². The summed E-state index contributed by atoms with van der Waals surface area (Å²) in [6.45, 7) is 0.290. The number of rotatable bonds is 3. The van der Waals surface area contributed by atoms with Crippen LogP contribution in [0.15, 0.2) is 18.2 Å². The van der Waals surface area contributed by atoms with Gasteiger partial charge >= 0.3 is 0 Å². The lowest BCUT2D eigenvalue weighted by atomic mass is 10.2. The molecule has 0 saturated heterocycles. The highest BCUT2D eigenvalue weighted by atomic mass is 32.2. The Balaban J connectivity index is 3.07. The normalized spacial score (nSPS) is 11.3. The van der Waals surface area contributed by atoms with Crippen LogP contribution in [-0.4, -0.2) is 19.8 Å². The molecule has 0 aliphatic rings. The van der Waals surface area contributed by atoms with E-state index >= 15 is 0 Å². The predicted molar refractivity (Wildman–Crippen MR) is 54.5 cm³/mol. The minimum Gasteiger partial charge on any atom is -0.506 e. The number of aromatic hydroxyl groups is 1. The lowest BCUT2D eigenvalue weighted by molar-refractivity contribution is 0.477. The second-order valence-electron chi connectivity index (χ2n) is 2.93. The summed E-state index contributed by atoms with van der Waals surface area (Å²) in [6, 6.07) is 4.52. The molecule has 1 aromatic carbocycles. The van der Waals surface area contributed by atoms with Crippen molar-refractivity contribution in [2.24, 2.45) is 5.73 Å². The van der Waals surface area contributed by atoms with E-state index in [1.165, 1.54) is 12.1 Å². The first-order valence-electron chi connectivity index (χ1n) is 3.92. The fourth-order valence-corrected chi connectivity index (χ4v) is 1.55. The van der Waals surface area contributed by atoms with Crippen molar-refractivity contribution in [2.45, 2.75) is 6.54 Å². The zero-order valence-corrected chi connectivity index (χ0v) is 8.50. The Morgan fingerprint density at radius 1 is 1.50 bits per heavy atom. The van der Waals surface area contributed by atoms with Crippen molar-refractivity contribution in [3.8, 4) is 5.75 Å². The Morgan fingerprint density at radius 3 is 2.64 bits per heavy atom. The van der Waals surface area contributed by atoms with Crippen LogP contribution in [0.4, 0.5) is 5.69 Å². The molecule has 1 rings (SSSR count). The number of nitrogens with two attached hydrogens (primary N) is 1. The van der Waals surface area contributed by atoms with E-state index in [4.69, 9.17) is 5.73 Å². The van der Waals surface area contributed by atoms with Gasteiger partial charge in [0.05, 0.1) is 11.9 Å². The lowest BCUT2D eigenvalue weighted by Gasteiger charge is -2.07. The van der Waals surface area contributed by atoms with E-state index in [2.05, 4.69) is 4.72 Å². The highest BCUT2D eigenvalue weighted by Gasteiger charge is 2.06. The maximum Gasteiger partial charge on any atom is 0.229 e. The Kier molecular flexibility index (Phi) is 2.97. The van der Waals surface area contributed by atoms with Crippen molar-refractivity contribution >= 4 is 15.7 Å². The number of hydrogen-bond acceptors (Lipinski definition) is 4. The number of phenols is 1. The lowest BCUT2D eigenvalue weighted by Crippen LogP contribution is -2.10. The molecule has 0 heterocycles. The number of hydrogen-bond donors (Lipinski definition) is 3. The molecule has 78 valence electrons. The summed E-state index contributed by atoms with van der Waals surface area (Å²) in [5.41, 5.74) is 6.27. The number of sulfonamides is 1. The quantitative estimate of drug-likeness (QED) is 0.630. The molecular weight excluding hydrogens is 204 g/mol. The van der Waals surface area contributed by atoms with Crippen molar-refractivity contribution in [3.05, 3.63) is 23.8 Å². The van der Waals surface area contributed by atoms with Crippen LogP contribution in [0.5, 0.6) is 5.75 Å². The summed E-state index contributed by atoms with van der Waals surface area (Å²) >= 11 is 0. The molecule has 0 radical (unpaired) electrons. The first kappa shape index (κ1) is 10.8. The van der Waals surface area contributed by atoms with Gasteiger partial charge in [-0.15, -0.1) is 0 Å². The Hall–Kier alpha value is -1.27. The van der Waals surface area contributed by atoms with Crippen molar-refractivity contribution in [2.75, 3.05) is 11.0 Å². The average Bonchev–Trinajstić information content (AvgIpc) is 2.06.